The average molecular weight is 2090 g/mol. The summed E-state index contributed by atoms with van der Waals surface area (Å²) in [6, 6.07) is 38.1. The zero-order chi connectivity index (χ0) is 98.9. The molecule has 12 heterocycles. The Balaban J connectivity index is 0.000000109. The van der Waals surface area contributed by atoms with Crippen molar-refractivity contribution in [1.29, 1.82) is 0 Å². The van der Waals surface area contributed by atoms with E-state index in [0.717, 1.165) is 209 Å². The quantitative estimate of drug-likeness (QED) is 0.0264. The van der Waals surface area contributed by atoms with Crippen LogP contribution in [0.25, 0.3) is 61.3 Å². The lowest BCUT2D eigenvalue weighted by Crippen LogP contribution is -2.09. The van der Waals surface area contributed by atoms with Gasteiger partial charge in [-0.1, -0.05) is 114 Å². The van der Waals surface area contributed by atoms with Gasteiger partial charge >= 0.3 is 12.4 Å². The van der Waals surface area contributed by atoms with E-state index in [-0.39, 0.29) is 17.2 Å². The van der Waals surface area contributed by atoms with Crippen LogP contribution in [0, 0.1) is 11.6 Å². The van der Waals surface area contributed by atoms with E-state index in [1.165, 1.54) is 201 Å². The van der Waals surface area contributed by atoms with Crippen LogP contribution in [0.1, 0.15) is 184 Å². The summed E-state index contributed by atoms with van der Waals surface area (Å²) in [7, 11) is 0. The molecule has 24 rings (SSSR count). The molecule has 0 radical (unpaired) electrons. The summed E-state index contributed by atoms with van der Waals surface area (Å²) in [5.41, 5.74) is 28.2. The van der Waals surface area contributed by atoms with Gasteiger partial charge in [0.15, 0.2) is 34.9 Å². The molecule has 0 aliphatic heterocycles. The van der Waals surface area contributed by atoms with E-state index in [0.29, 0.717) is 33.6 Å². The van der Waals surface area contributed by atoms with Crippen molar-refractivity contribution < 1.29 is 35.1 Å². The molecule has 0 unspecified atom stereocenters. The summed E-state index contributed by atoms with van der Waals surface area (Å²) < 4.78 is 103. The van der Waals surface area contributed by atoms with E-state index in [2.05, 4.69) is 123 Å². The van der Waals surface area contributed by atoms with Crippen LogP contribution >= 0.6 is 91.2 Å². The minimum absolute atomic E-state index is 0.00477. The van der Waals surface area contributed by atoms with Crippen molar-refractivity contribution >= 4 is 225 Å². The number of nitrogens with zero attached hydrogens (tertiary/aromatic N) is 18. The highest BCUT2D eigenvalue weighted by molar-refractivity contribution is 7.20. The summed E-state index contributed by atoms with van der Waals surface area (Å²) in [6.45, 7) is 0. The summed E-state index contributed by atoms with van der Waals surface area (Å²) >= 11 is 22.5. The van der Waals surface area contributed by atoms with Gasteiger partial charge in [0.2, 0.25) is 0 Å². The number of hydrogen-bond acceptors (Lipinski definition) is 30. The van der Waals surface area contributed by atoms with Crippen LogP contribution in [0.5, 0.6) is 0 Å². The van der Waals surface area contributed by atoms with Crippen molar-refractivity contribution in [2.24, 2.45) is 30.6 Å². The van der Waals surface area contributed by atoms with Crippen molar-refractivity contribution in [3.63, 3.8) is 0 Å². The number of halogens is 10. The van der Waals surface area contributed by atoms with E-state index in [4.69, 9.17) is 23.2 Å². The van der Waals surface area contributed by atoms with Crippen LogP contribution < -0.4 is 32.6 Å². The number of hydrogen-bond donors (Lipinski definition) is 6. The van der Waals surface area contributed by atoms with Gasteiger partial charge in [-0.05, 0) is 259 Å². The van der Waals surface area contributed by atoms with Crippen molar-refractivity contribution in [2.75, 3.05) is 32.6 Å². The highest BCUT2D eigenvalue weighted by Crippen LogP contribution is 2.46. The Morgan fingerprint density at radius 1 is 0.264 bits per heavy atom. The molecule has 6 N–H and O–H groups in total. The number of aromatic nitrogens is 12. The molecule has 0 bridgehead atoms. The lowest BCUT2D eigenvalue weighted by atomic mass is 9.97. The van der Waals surface area contributed by atoms with Gasteiger partial charge in [-0.2, -0.15) is 57.0 Å². The van der Waals surface area contributed by atoms with Gasteiger partial charge in [-0.3, -0.25) is 32.6 Å². The fraction of sp³-hybridized carbons (Fsp3) is 0.250. The van der Waals surface area contributed by atoms with Crippen molar-refractivity contribution in [2.45, 2.75) is 166 Å². The van der Waals surface area contributed by atoms with Gasteiger partial charge in [-0.15, -0.1) is 68.0 Å². The number of aryl methyl sites for hydroxylation is 12. The minimum atomic E-state index is -4.42. The number of fused-ring (bicyclic) bond motifs is 18. The van der Waals surface area contributed by atoms with Gasteiger partial charge in [0.25, 0.3) is 0 Å². The van der Waals surface area contributed by atoms with Gasteiger partial charge in [0.1, 0.15) is 78.6 Å². The second kappa shape index (κ2) is 46.4. The Morgan fingerprint density at radius 2 is 0.521 bits per heavy atom. The third-order valence-corrected chi connectivity index (χ3v) is 32.6. The molecular weight excluding hydrogens is 2000 g/mol. The molecule has 40 heteroatoms. The summed E-state index contributed by atoms with van der Waals surface area (Å²) in [6.07, 6.45) is 37.3. The fourth-order valence-corrected chi connectivity index (χ4v) is 25.6. The van der Waals surface area contributed by atoms with Gasteiger partial charge in [-0.25, -0.2) is 68.6 Å². The second-order valence-electron chi connectivity index (χ2n) is 34.3. The average Bonchev–Trinajstić information content (AvgIpc) is 1.65. The Morgan fingerprint density at radius 3 is 0.826 bits per heavy atom. The number of rotatable bonds is 18. The van der Waals surface area contributed by atoms with E-state index >= 15 is 0 Å². The van der Waals surface area contributed by atoms with Crippen molar-refractivity contribution in [3.05, 3.63) is 312 Å². The molecular formula is C104H90Cl2F8N24S6. The lowest BCUT2D eigenvalue weighted by molar-refractivity contribution is -0.138. The SMILES string of the molecule is Clc1ccc(/C=N\Nc2ncnc3sc4c(c23)CCCC4)cc1.Clc1ccccc1/C=N\Nc1ncnc2sc3c(c12)CCCC3.FC(F)(F)c1ccc(/C=N\Nc2ncnc3sc4c(c23)CCCC4)cc1.FC(F)(F)c1ccccc1/C=N\Nc1ncnc2sc3c(c12)CCCC3.Fc1ccc(/C=N\Nc2ncnc3sc4c(c23)CCCC4)cc1.Fc1ccccc1/C=N\Nc1ncnc2sc3c(c12)CCCC3. The predicted octanol–water partition coefficient (Wildman–Crippen LogP) is 27.7. The van der Waals surface area contributed by atoms with Crippen LogP contribution in [0.3, 0.4) is 0 Å². The molecule has 0 saturated heterocycles. The molecule has 144 heavy (non-hydrogen) atoms. The summed E-state index contributed by atoms with van der Waals surface area (Å²) in [5, 5.41) is 32.9. The first kappa shape index (κ1) is 99.1. The van der Waals surface area contributed by atoms with Crippen LogP contribution in [-0.2, 0) is 89.4 Å². The van der Waals surface area contributed by atoms with E-state index in [9.17, 15) is 35.1 Å². The third-order valence-electron chi connectivity index (χ3n) is 24.8. The minimum Gasteiger partial charge on any atom is -0.261 e. The van der Waals surface area contributed by atoms with Crippen molar-refractivity contribution in [3.8, 4) is 0 Å². The molecule has 6 aliphatic rings. The second-order valence-corrected chi connectivity index (χ2v) is 41.6. The van der Waals surface area contributed by atoms with Crippen LogP contribution in [0.15, 0.2) is 214 Å². The maximum Gasteiger partial charge on any atom is 0.417 e. The predicted molar refractivity (Wildman–Crippen MR) is 570 cm³/mol. The molecule has 732 valence electrons. The number of thiophene rings is 6. The van der Waals surface area contributed by atoms with Crippen LogP contribution in [-0.4, -0.2) is 97.1 Å². The van der Waals surface area contributed by atoms with E-state index < -0.39 is 23.5 Å². The summed E-state index contributed by atoms with van der Waals surface area (Å²) in [4.78, 5) is 66.6. The largest absolute Gasteiger partial charge is 0.417 e. The molecule has 18 aromatic rings. The first-order valence-corrected chi connectivity index (χ1v) is 52.6. The first-order valence-electron chi connectivity index (χ1n) is 46.9. The molecule has 0 saturated carbocycles. The number of hydrazone groups is 6. The molecule has 0 spiro atoms. The molecule has 0 fully saturated rings. The molecule has 0 atom stereocenters. The zero-order valence-electron chi connectivity index (χ0n) is 77.0. The maximum atomic E-state index is 13.6. The third kappa shape index (κ3) is 23.9. The van der Waals surface area contributed by atoms with E-state index in [1.54, 1.807) is 148 Å². The monoisotopic (exact) mass is 2090 g/mol. The van der Waals surface area contributed by atoms with Gasteiger partial charge in [0.05, 0.1) is 80.7 Å². The number of benzene rings is 6. The molecule has 0 amide bonds. The maximum absolute atomic E-state index is 13.6. The van der Waals surface area contributed by atoms with Crippen molar-refractivity contribution in [1.82, 2.24) is 59.8 Å². The highest BCUT2D eigenvalue weighted by atomic mass is 35.5. The summed E-state index contributed by atoms with van der Waals surface area (Å²) in [5.74, 6) is 3.64. The molecule has 24 nitrogen and oxygen atoms in total. The topological polar surface area (TPSA) is 301 Å². The Kier molecular flexibility index (Phi) is 32.0. The lowest BCUT2D eigenvalue weighted by Gasteiger charge is -2.11. The number of alkyl halides is 6. The Bertz CT molecular complexity index is 7520. The van der Waals surface area contributed by atoms with Crippen LogP contribution in [0.4, 0.5) is 70.0 Å². The molecule has 6 aliphatic carbocycles. The normalized spacial score (nSPS) is 14.5. The standard InChI is InChI=1S/2C18H15F3N4S.2C17H15ClN4S.2C17H15FN4S/c19-18(20,21)13-7-3-1-5-11(13)9-24-25-16-15-12-6-2-4-8-14(12)26-17(15)23-10-22-16;19-18(20,21)12-7-5-11(6-8-12)9-24-25-16-15-13-3-1-2-4-14(13)26-17(15)23-10-22-16;18-13-7-3-1-5-11(13)9-21-22-16-15-12-6-2-4-8-14(12)23-17(15)20-10-19-16;18-12-7-5-11(6-8-12)9-21-22-16-15-13-3-1-2-4-14(13)23-17(15)20-10-19-16;18-13-7-3-1-5-11(13)9-21-22-16-15-12-6-2-4-8-14(12)23-17(15)20-10-19-16;18-12-7-5-11(6-8-12)9-21-22-16-15-13-3-1-2-4-14(13)23-17(15)20-10-19-16/h1,3,5,7,9-10H,2,4,6,8H2,(H,22,23,25);5-10H,1-4H2,(H,22,23,25);1,3,5,7,9-10H,2,4,6,8H2,(H,19,20,22);5-10H,1-4H2,(H,19,20,22);1,3,5,7,9-10H,2,4,6,8H2,(H,19,20,22);5-10H,1-4H2,(H,19,20,22)/b2*24-9-;4*21-9-. The van der Waals surface area contributed by atoms with E-state index in [1.807, 2.05) is 48.5 Å². The highest BCUT2D eigenvalue weighted by Gasteiger charge is 2.34. The molecule has 6 aromatic carbocycles. The number of anilines is 6. The zero-order valence-corrected chi connectivity index (χ0v) is 83.4. The van der Waals surface area contributed by atoms with Gasteiger partial charge < -0.3 is 0 Å². The molecule has 12 aromatic heterocycles. The Hall–Kier alpha value is -13.6. The van der Waals surface area contributed by atoms with Crippen LogP contribution in [0.2, 0.25) is 10.0 Å². The fourth-order valence-electron chi connectivity index (χ4n) is 17.9. The number of nitrogens with one attached hydrogen (secondary N) is 6. The first-order chi connectivity index (χ1) is 70.3. The smallest absolute Gasteiger partial charge is 0.261 e. The van der Waals surface area contributed by atoms with Gasteiger partial charge in [0, 0.05) is 56.0 Å². The Labute approximate surface area is 855 Å².